The Labute approximate surface area is 349 Å². The van der Waals surface area contributed by atoms with Gasteiger partial charge in [0.25, 0.3) is 0 Å². The van der Waals surface area contributed by atoms with Gasteiger partial charge in [0.05, 0.1) is 0 Å². The molecule has 1 aromatic heterocycles. The predicted octanol–water partition coefficient (Wildman–Crippen LogP) is 16.0. The van der Waals surface area contributed by atoms with Crippen LogP contribution < -0.4 is 0 Å². The molecule has 0 unspecified atom stereocenters. The van der Waals surface area contributed by atoms with E-state index in [-0.39, 0.29) is 14.5 Å². The second-order valence-electron chi connectivity index (χ2n) is 15.5. The number of rotatable bonds is 5. The first kappa shape index (κ1) is 34.1. The monoisotopic (exact) mass is 812 g/mol. The quantitative estimate of drug-likeness (QED) is 0.120. The van der Waals surface area contributed by atoms with Crippen LogP contribution in [0.3, 0.4) is 0 Å². The van der Waals surface area contributed by atoms with E-state index in [0.29, 0.717) is 0 Å². The van der Waals surface area contributed by atoms with Crippen LogP contribution in [0.4, 0.5) is 0 Å². The van der Waals surface area contributed by atoms with Crippen molar-refractivity contribution in [3.63, 3.8) is 0 Å². The number of hydrogen-bond donors (Lipinski definition) is 0. The Morgan fingerprint density at radius 3 is 1.17 bits per heavy atom. The predicted molar refractivity (Wildman–Crippen MR) is 256 cm³/mol. The second-order valence-corrected chi connectivity index (χ2v) is 17.7. The number of benzene rings is 11. The molecule has 274 valence electrons. The molecule has 0 aliphatic rings. The zero-order valence-electron chi connectivity index (χ0n) is 32.2. The Morgan fingerprint density at radius 1 is 0.237 bits per heavy atom. The standard InChI is InChI=1S/C58H36Se/c1-3-18-37(19-4-1)39-22-15-23-40(36-39)54-43-26-9-13-30-47(43)56(48-31-14-10-27-44(48)54)50-33-16-34-51-57-49(32-17-35-52(57)59-58(50)51)55-45-28-11-7-24-41(45)53(38-20-5-2-6-21-38)42-25-8-12-29-46(42)55/h1-36H. The topological polar surface area (TPSA) is 0 Å². The maximum atomic E-state index is 2.38. The van der Waals surface area contributed by atoms with Crippen LogP contribution in [0.2, 0.25) is 0 Å². The van der Waals surface area contributed by atoms with Gasteiger partial charge in [-0.1, -0.05) is 6.07 Å². The summed E-state index contributed by atoms with van der Waals surface area (Å²) < 4.78 is 2.91. The Morgan fingerprint density at radius 2 is 0.610 bits per heavy atom. The third-order valence-corrected chi connectivity index (χ3v) is 14.8. The first-order chi connectivity index (χ1) is 29.3. The average Bonchev–Trinajstić information content (AvgIpc) is 3.70. The normalized spacial score (nSPS) is 11.7. The van der Waals surface area contributed by atoms with E-state index in [2.05, 4.69) is 218 Å². The Hall–Kier alpha value is -7.02. The average molecular weight is 812 g/mol. The van der Waals surface area contributed by atoms with E-state index in [9.17, 15) is 0 Å². The Kier molecular flexibility index (Phi) is 7.98. The molecule has 0 fully saturated rings. The van der Waals surface area contributed by atoms with Gasteiger partial charge in [-0.25, -0.2) is 0 Å². The summed E-state index contributed by atoms with van der Waals surface area (Å²) in [7, 11) is 0. The van der Waals surface area contributed by atoms with Gasteiger partial charge in [-0.3, -0.25) is 0 Å². The molecule has 0 amide bonds. The van der Waals surface area contributed by atoms with Crippen LogP contribution in [0, 0.1) is 0 Å². The SMILES string of the molecule is c1ccc(-c2cccc(-c3c4ccccc4c(-c4cccc5c4[se]c4cccc(-c6c7ccccc7c(-c7ccccc7)c7ccccc67)c45)c4ccccc34)c2)cc1. The van der Waals surface area contributed by atoms with Crippen molar-refractivity contribution in [3.05, 3.63) is 218 Å². The fourth-order valence-corrected chi connectivity index (χ4v) is 12.4. The molecule has 1 heterocycles. The summed E-state index contributed by atoms with van der Waals surface area (Å²) >= 11 is 0.109. The zero-order valence-corrected chi connectivity index (χ0v) is 33.9. The molecule has 0 N–H and O–H groups in total. The van der Waals surface area contributed by atoms with Crippen molar-refractivity contribution in [2.24, 2.45) is 0 Å². The summed E-state index contributed by atoms with van der Waals surface area (Å²) in [6.07, 6.45) is 0. The van der Waals surface area contributed by atoms with Gasteiger partial charge in [0.1, 0.15) is 0 Å². The molecule has 0 aliphatic carbocycles. The third-order valence-electron chi connectivity index (χ3n) is 12.2. The van der Waals surface area contributed by atoms with Crippen molar-refractivity contribution in [2.75, 3.05) is 0 Å². The van der Waals surface area contributed by atoms with Crippen molar-refractivity contribution in [3.8, 4) is 55.6 Å². The third kappa shape index (κ3) is 5.37. The van der Waals surface area contributed by atoms with Gasteiger partial charge in [0.2, 0.25) is 0 Å². The van der Waals surface area contributed by atoms with Crippen LogP contribution in [0.25, 0.3) is 118 Å². The maximum absolute atomic E-state index is 2.38. The summed E-state index contributed by atoms with van der Waals surface area (Å²) in [5.74, 6) is 0. The van der Waals surface area contributed by atoms with E-state index < -0.39 is 0 Å². The van der Waals surface area contributed by atoms with E-state index in [1.807, 2.05) is 0 Å². The van der Waals surface area contributed by atoms with Crippen molar-refractivity contribution in [1.29, 1.82) is 0 Å². The van der Waals surface area contributed by atoms with Crippen molar-refractivity contribution < 1.29 is 0 Å². The van der Waals surface area contributed by atoms with E-state index in [1.54, 1.807) is 0 Å². The molecule has 59 heavy (non-hydrogen) atoms. The van der Waals surface area contributed by atoms with Gasteiger partial charge in [-0.15, -0.1) is 0 Å². The number of hydrogen-bond acceptors (Lipinski definition) is 0. The van der Waals surface area contributed by atoms with Gasteiger partial charge in [0.15, 0.2) is 0 Å². The van der Waals surface area contributed by atoms with Gasteiger partial charge in [-0.2, -0.15) is 0 Å². The molecular formula is C58H36Se. The van der Waals surface area contributed by atoms with Crippen LogP contribution in [0.1, 0.15) is 0 Å². The summed E-state index contributed by atoms with van der Waals surface area (Å²) in [4.78, 5) is 0. The van der Waals surface area contributed by atoms with Crippen LogP contribution in [0.15, 0.2) is 218 Å². The molecule has 0 saturated heterocycles. The minimum absolute atomic E-state index is 0.109. The van der Waals surface area contributed by atoms with E-state index in [1.165, 1.54) is 118 Å². The molecule has 1 heteroatoms. The fourth-order valence-electron chi connectivity index (χ4n) is 9.80. The molecule has 0 aliphatic heterocycles. The molecule has 0 nitrogen and oxygen atoms in total. The molecule has 0 radical (unpaired) electrons. The first-order valence-corrected chi connectivity index (χ1v) is 22.1. The van der Waals surface area contributed by atoms with Crippen molar-refractivity contribution >= 4 is 76.9 Å². The fraction of sp³-hybridized carbons (Fsp3) is 0. The van der Waals surface area contributed by atoms with Gasteiger partial charge >= 0.3 is 345 Å². The van der Waals surface area contributed by atoms with Gasteiger partial charge in [0, 0.05) is 0 Å². The van der Waals surface area contributed by atoms with Gasteiger partial charge < -0.3 is 0 Å². The van der Waals surface area contributed by atoms with E-state index >= 15 is 0 Å². The van der Waals surface area contributed by atoms with Crippen molar-refractivity contribution in [1.82, 2.24) is 0 Å². The van der Waals surface area contributed by atoms with Crippen LogP contribution in [0.5, 0.6) is 0 Å². The van der Waals surface area contributed by atoms with Crippen LogP contribution in [-0.2, 0) is 0 Å². The summed E-state index contributed by atoms with van der Waals surface area (Å²) in [6.45, 7) is 0. The molecule has 0 atom stereocenters. The van der Waals surface area contributed by atoms with E-state index in [0.717, 1.165) is 0 Å². The minimum atomic E-state index is 0.109. The molecule has 12 rings (SSSR count). The molecule has 11 aromatic carbocycles. The molecule has 0 saturated carbocycles. The second kappa shape index (κ2) is 13.8. The summed E-state index contributed by atoms with van der Waals surface area (Å²) in [6, 6.07) is 81.0. The van der Waals surface area contributed by atoms with Crippen LogP contribution >= 0.6 is 0 Å². The first-order valence-electron chi connectivity index (χ1n) is 20.3. The van der Waals surface area contributed by atoms with E-state index in [4.69, 9.17) is 0 Å². The van der Waals surface area contributed by atoms with Gasteiger partial charge in [-0.05, 0) is 0 Å². The summed E-state index contributed by atoms with van der Waals surface area (Å²) in [5.41, 5.74) is 12.8. The van der Waals surface area contributed by atoms with Crippen molar-refractivity contribution in [2.45, 2.75) is 0 Å². The molecular weight excluding hydrogens is 776 g/mol. The summed E-state index contributed by atoms with van der Waals surface area (Å²) in [5, 5.41) is 13.0. The molecule has 0 spiro atoms. The molecule has 12 aromatic rings. The Bertz CT molecular complexity index is 3480. The van der Waals surface area contributed by atoms with Crippen LogP contribution in [-0.4, -0.2) is 14.5 Å². The zero-order chi connectivity index (χ0) is 38.9. The Balaban J connectivity index is 1.14. The number of fused-ring (bicyclic) bond motifs is 7. The molecule has 0 bridgehead atoms.